The second kappa shape index (κ2) is 9.77. The lowest BCUT2D eigenvalue weighted by atomic mass is 9.95. The molecule has 1 N–H and O–H groups in total. The number of nitrogens with zero attached hydrogens (tertiary/aromatic N) is 3. The molecule has 0 radical (unpaired) electrons. The van der Waals surface area contributed by atoms with Gasteiger partial charge in [0.25, 0.3) is 11.5 Å². The van der Waals surface area contributed by atoms with Crippen LogP contribution in [0, 0.1) is 0 Å². The molecule has 32 heavy (non-hydrogen) atoms. The van der Waals surface area contributed by atoms with Crippen LogP contribution in [-0.4, -0.2) is 39.4 Å². The second-order valence-corrected chi connectivity index (χ2v) is 8.44. The molecule has 1 aromatic carbocycles. The minimum absolute atomic E-state index is 0.0792. The third kappa shape index (κ3) is 5.04. The molecule has 1 saturated carbocycles. The first-order valence-electron chi connectivity index (χ1n) is 11.1. The summed E-state index contributed by atoms with van der Waals surface area (Å²) in [7, 11) is 1.71. The van der Waals surface area contributed by atoms with Crippen LogP contribution in [0.25, 0.3) is 10.9 Å². The van der Waals surface area contributed by atoms with E-state index in [9.17, 15) is 14.4 Å². The van der Waals surface area contributed by atoms with Gasteiger partial charge in [0.05, 0.1) is 5.52 Å². The lowest BCUT2D eigenvalue weighted by Gasteiger charge is -2.22. The van der Waals surface area contributed by atoms with E-state index in [-0.39, 0.29) is 30.0 Å². The maximum Gasteiger partial charge on any atom is 0.263 e. The zero-order valence-electron chi connectivity index (χ0n) is 18.3. The Bertz CT molecular complexity index is 1180. The van der Waals surface area contributed by atoms with Crippen LogP contribution in [0.1, 0.15) is 48.0 Å². The molecular formula is C25H28N4O3. The summed E-state index contributed by atoms with van der Waals surface area (Å²) in [4.78, 5) is 44.1. The summed E-state index contributed by atoms with van der Waals surface area (Å²) in [5.74, 6) is -0.565. The van der Waals surface area contributed by atoms with Crippen LogP contribution < -0.4 is 10.9 Å². The normalized spacial score (nSPS) is 14.3. The van der Waals surface area contributed by atoms with Gasteiger partial charge in [-0.2, -0.15) is 0 Å². The maximum atomic E-state index is 12.8. The van der Waals surface area contributed by atoms with Gasteiger partial charge >= 0.3 is 0 Å². The molecule has 0 atom stereocenters. The SMILES string of the molecule is CN(Cc1ccc2ncccc2c1)C(=O)Cn1cccc(C(=O)NC2CCCCC2)c1=O. The number of aromatic nitrogens is 2. The van der Waals surface area contributed by atoms with Gasteiger partial charge < -0.3 is 14.8 Å². The summed E-state index contributed by atoms with van der Waals surface area (Å²) in [5.41, 5.74) is 1.52. The average Bonchev–Trinajstić information content (AvgIpc) is 2.81. The largest absolute Gasteiger partial charge is 0.349 e. The molecular weight excluding hydrogens is 404 g/mol. The van der Waals surface area contributed by atoms with E-state index in [0.717, 1.165) is 42.1 Å². The quantitative estimate of drug-likeness (QED) is 0.649. The molecule has 2 heterocycles. The number of carbonyl (C=O) groups excluding carboxylic acids is 2. The highest BCUT2D eigenvalue weighted by Gasteiger charge is 2.20. The summed E-state index contributed by atoms with van der Waals surface area (Å²) in [6.07, 6.45) is 8.57. The molecule has 0 saturated heterocycles. The van der Waals surface area contributed by atoms with Crippen LogP contribution in [0.15, 0.2) is 59.7 Å². The Hall–Kier alpha value is -3.48. The van der Waals surface area contributed by atoms with Gasteiger partial charge in [0.1, 0.15) is 12.1 Å². The molecule has 4 rings (SSSR count). The smallest absolute Gasteiger partial charge is 0.263 e. The monoisotopic (exact) mass is 432 g/mol. The van der Waals surface area contributed by atoms with Crippen LogP contribution in [0.3, 0.4) is 0 Å². The van der Waals surface area contributed by atoms with Crippen molar-refractivity contribution in [3.8, 4) is 0 Å². The van der Waals surface area contributed by atoms with Gasteiger partial charge in [0.2, 0.25) is 5.91 Å². The Morgan fingerprint density at radius 2 is 1.94 bits per heavy atom. The number of pyridine rings is 2. The number of hydrogen-bond acceptors (Lipinski definition) is 4. The molecule has 1 aliphatic carbocycles. The molecule has 7 nitrogen and oxygen atoms in total. The van der Waals surface area contributed by atoms with E-state index in [1.165, 1.54) is 17.1 Å². The van der Waals surface area contributed by atoms with Crippen molar-refractivity contribution < 1.29 is 9.59 Å². The summed E-state index contributed by atoms with van der Waals surface area (Å²) >= 11 is 0. The van der Waals surface area contributed by atoms with Crippen molar-refractivity contribution in [2.75, 3.05) is 7.05 Å². The fourth-order valence-electron chi connectivity index (χ4n) is 4.20. The van der Waals surface area contributed by atoms with Crippen molar-refractivity contribution in [2.45, 2.75) is 51.2 Å². The number of benzene rings is 1. The van der Waals surface area contributed by atoms with Crippen LogP contribution >= 0.6 is 0 Å². The average molecular weight is 433 g/mol. The number of amides is 2. The highest BCUT2D eigenvalue weighted by atomic mass is 16.2. The summed E-state index contributed by atoms with van der Waals surface area (Å²) in [6.45, 7) is 0.301. The van der Waals surface area contributed by atoms with Gasteiger partial charge in [0.15, 0.2) is 0 Å². The van der Waals surface area contributed by atoms with Crippen molar-refractivity contribution in [2.24, 2.45) is 0 Å². The first-order chi connectivity index (χ1) is 15.5. The van der Waals surface area contributed by atoms with Crippen LogP contribution in [0.4, 0.5) is 0 Å². The Kier molecular flexibility index (Phi) is 6.63. The van der Waals surface area contributed by atoms with Crippen LogP contribution in [0.2, 0.25) is 0 Å². The maximum absolute atomic E-state index is 12.8. The van der Waals surface area contributed by atoms with E-state index in [2.05, 4.69) is 10.3 Å². The van der Waals surface area contributed by atoms with Crippen molar-refractivity contribution in [3.63, 3.8) is 0 Å². The highest BCUT2D eigenvalue weighted by molar-refractivity contribution is 5.94. The van der Waals surface area contributed by atoms with E-state index >= 15 is 0 Å². The topological polar surface area (TPSA) is 84.3 Å². The minimum Gasteiger partial charge on any atom is -0.349 e. The first kappa shape index (κ1) is 21.7. The predicted octanol–water partition coefficient (Wildman–Crippen LogP) is 3.12. The Morgan fingerprint density at radius 1 is 1.12 bits per heavy atom. The second-order valence-electron chi connectivity index (χ2n) is 8.44. The highest BCUT2D eigenvalue weighted by Crippen LogP contribution is 2.18. The van der Waals surface area contributed by atoms with Crippen molar-refractivity contribution >= 4 is 22.7 Å². The molecule has 0 spiro atoms. The van der Waals surface area contributed by atoms with Crippen molar-refractivity contribution in [3.05, 3.63) is 76.3 Å². The van der Waals surface area contributed by atoms with Crippen molar-refractivity contribution in [1.29, 1.82) is 0 Å². The third-order valence-corrected chi connectivity index (χ3v) is 6.02. The van der Waals surface area contributed by atoms with Gasteiger partial charge in [0, 0.05) is 37.4 Å². The molecule has 3 aromatic rings. The number of likely N-dealkylation sites (N-methyl/N-ethyl adjacent to an activating group) is 1. The van der Waals surface area contributed by atoms with E-state index in [4.69, 9.17) is 0 Å². The van der Waals surface area contributed by atoms with Gasteiger partial charge in [-0.25, -0.2) is 0 Å². The minimum atomic E-state index is -0.445. The molecule has 1 aliphatic rings. The Balaban J connectivity index is 1.42. The standard InChI is InChI=1S/C25H28N4O3/c1-28(16-18-11-12-22-19(15-18)7-5-13-26-22)23(30)17-29-14-6-10-21(25(29)32)24(31)27-20-8-3-2-4-9-20/h5-7,10-15,20H,2-4,8-9,16-17H2,1H3,(H,27,31). The van der Waals surface area contributed by atoms with E-state index < -0.39 is 5.56 Å². The van der Waals surface area contributed by atoms with Crippen molar-refractivity contribution in [1.82, 2.24) is 19.8 Å². The number of hydrogen-bond donors (Lipinski definition) is 1. The van der Waals surface area contributed by atoms with E-state index in [1.807, 2.05) is 30.3 Å². The fraction of sp³-hybridized carbons (Fsp3) is 0.360. The van der Waals surface area contributed by atoms with Crippen LogP contribution in [-0.2, 0) is 17.9 Å². The predicted molar refractivity (Wildman–Crippen MR) is 123 cm³/mol. The van der Waals surface area contributed by atoms with Gasteiger partial charge in [-0.05, 0) is 48.7 Å². The molecule has 7 heteroatoms. The van der Waals surface area contributed by atoms with Crippen LogP contribution in [0.5, 0.6) is 0 Å². The first-order valence-corrected chi connectivity index (χ1v) is 11.1. The number of rotatable bonds is 6. The third-order valence-electron chi connectivity index (χ3n) is 6.02. The van der Waals surface area contributed by atoms with Gasteiger partial charge in [-0.15, -0.1) is 0 Å². The van der Waals surface area contributed by atoms with Gasteiger partial charge in [-0.1, -0.05) is 31.4 Å². The zero-order chi connectivity index (χ0) is 22.5. The molecule has 0 unspecified atom stereocenters. The molecule has 1 fully saturated rings. The lowest BCUT2D eigenvalue weighted by Crippen LogP contribution is -2.40. The molecule has 2 amide bonds. The molecule has 2 aromatic heterocycles. The lowest BCUT2D eigenvalue weighted by molar-refractivity contribution is -0.131. The van der Waals surface area contributed by atoms with Gasteiger partial charge in [-0.3, -0.25) is 19.4 Å². The molecule has 0 bridgehead atoms. The van der Waals surface area contributed by atoms with E-state index in [0.29, 0.717) is 6.54 Å². The fourth-order valence-corrected chi connectivity index (χ4v) is 4.20. The number of fused-ring (bicyclic) bond motifs is 1. The zero-order valence-corrected chi connectivity index (χ0v) is 18.3. The summed E-state index contributed by atoms with van der Waals surface area (Å²) < 4.78 is 1.30. The Labute approximate surface area is 187 Å². The molecule has 166 valence electrons. The molecule has 0 aliphatic heterocycles. The number of nitrogens with one attached hydrogen (secondary N) is 1. The number of carbonyl (C=O) groups is 2. The van der Waals surface area contributed by atoms with E-state index in [1.54, 1.807) is 30.4 Å². The summed E-state index contributed by atoms with van der Waals surface area (Å²) in [6, 6.07) is 13.0. The Morgan fingerprint density at radius 3 is 2.75 bits per heavy atom. The summed E-state index contributed by atoms with van der Waals surface area (Å²) in [5, 5.41) is 3.99.